The number of carbonyl (C=O) groups excluding carboxylic acids is 1. The summed E-state index contributed by atoms with van der Waals surface area (Å²) in [4.78, 5) is 14.4. The molecule has 0 spiro atoms. The van der Waals surface area contributed by atoms with E-state index in [1.807, 2.05) is 24.0 Å². The highest BCUT2D eigenvalue weighted by Gasteiger charge is 2.25. The number of aliphatic hydroxyl groups excluding tert-OH is 1. The largest absolute Gasteiger partial charge is 0.494 e. The molecule has 0 aliphatic carbocycles. The molecule has 1 amide bonds. The Labute approximate surface area is 120 Å². The molecule has 110 valence electrons. The van der Waals surface area contributed by atoms with E-state index in [-0.39, 0.29) is 18.6 Å². The maximum Gasteiger partial charge on any atom is 0.254 e. The molecule has 2 rings (SSSR count). The van der Waals surface area contributed by atoms with Gasteiger partial charge in [0.2, 0.25) is 0 Å². The first-order chi connectivity index (χ1) is 9.76. The van der Waals surface area contributed by atoms with E-state index in [9.17, 15) is 9.90 Å². The number of nitrogens with zero attached hydrogens (tertiary/aromatic N) is 1. The molecule has 1 heterocycles. The van der Waals surface area contributed by atoms with Crippen molar-refractivity contribution in [3.05, 3.63) is 29.8 Å². The van der Waals surface area contributed by atoms with Crippen molar-refractivity contribution in [3.8, 4) is 5.75 Å². The van der Waals surface area contributed by atoms with Crippen molar-refractivity contribution >= 4 is 5.91 Å². The third-order valence-electron chi connectivity index (χ3n) is 3.76. The van der Waals surface area contributed by atoms with E-state index >= 15 is 0 Å². The van der Waals surface area contributed by atoms with E-state index in [0.29, 0.717) is 12.2 Å². The van der Waals surface area contributed by atoms with Crippen molar-refractivity contribution in [2.24, 2.45) is 0 Å². The Hall–Kier alpha value is -1.55. The van der Waals surface area contributed by atoms with Crippen LogP contribution in [-0.2, 0) is 0 Å². The van der Waals surface area contributed by atoms with Crippen LogP contribution in [-0.4, -0.2) is 41.7 Å². The summed E-state index contributed by atoms with van der Waals surface area (Å²) in [6.45, 7) is 3.33. The lowest BCUT2D eigenvalue weighted by molar-refractivity contribution is 0.0600. The molecule has 0 bridgehead atoms. The summed E-state index contributed by atoms with van der Waals surface area (Å²) in [6.07, 6.45) is 4.11. The van der Waals surface area contributed by atoms with Crippen LogP contribution in [0.1, 0.15) is 43.0 Å². The first-order valence-corrected chi connectivity index (χ1v) is 7.41. The highest BCUT2D eigenvalue weighted by molar-refractivity contribution is 5.94. The van der Waals surface area contributed by atoms with Gasteiger partial charge in [-0.3, -0.25) is 4.79 Å². The number of benzene rings is 1. The molecular formula is C16H23NO3. The Kier molecular flexibility index (Phi) is 5.41. The minimum atomic E-state index is -0.0448. The van der Waals surface area contributed by atoms with E-state index < -0.39 is 0 Å². The molecule has 4 heteroatoms. The summed E-state index contributed by atoms with van der Waals surface area (Å²) in [7, 11) is 0. The average molecular weight is 277 g/mol. The third-order valence-corrected chi connectivity index (χ3v) is 3.76. The fourth-order valence-electron chi connectivity index (χ4n) is 2.66. The quantitative estimate of drug-likeness (QED) is 0.919. The second kappa shape index (κ2) is 7.29. The van der Waals surface area contributed by atoms with Gasteiger partial charge in [-0.05, 0) is 44.0 Å². The van der Waals surface area contributed by atoms with E-state index in [1.165, 1.54) is 0 Å². The Morgan fingerprint density at radius 3 is 2.70 bits per heavy atom. The van der Waals surface area contributed by atoms with E-state index in [1.54, 1.807) is 12.1 Å². The first-order valence-electron chi connectivity index (χ1n) is 7.41. The van der Waals surface area contributed by atoms with Gasteiger partial charge < -0.3 is 14.7 Å². The molecule has 0 radical (unpaired) electrons. The van der Waals surface area contributed by atoms with Crippen LogP contribution >= 0.6 is 0 Å². The second-order valence-corrected chi connectivity index (χ2v) is 5.14. The number of aliphatic hydroxyl groups is 1. The molecule has 0 saturated carbocycles. The smallest absolute Gasteiger partial charge is 0.254 e. The van der Waals surface area contributed by atoms with Gasteiger partial charge in [-0.2, -0.15) is 0 Å². The maximum atomic E-state index is 12.6. The molecule has 4 nitrogen and oxygen atoms in total. The van der Waals surface area contributed by atoms with Gasteiger partial charge in [-0.15, -0.1) is 0 Å². The van der Waals surface area contributed by atoms with Gasteiger partial charge in [-0.25, -0.2) is 0 Å². The van der Waals surface area contributed by atoms with Crippen LogP contribution in [0.5, 0.6) is 5.75 Å². The van der Waals surface area contributed by atoms with Crippen LogP contribution in [0.25, 0.3) is 0 Å². The number of hydrogen-bond donors (Lipinski definition) is 1. The highest BCUT2D eigenvalue weighted by atomic mass is 16.5. The van der Waals surface area contributed by atoms with Crippen molar-refractivity contribution in [1.29, 1.82) is 0 Å². The van der Waals surface area contributed by atoms with Crippen LogP contribution in [0.15, 0.2) is 24.3 Å². The van der Waals surface area contributed by atoms with Gasteiger partial charge in [0.25, 0.3) is 5.91 Å². The van der Waals surface area contributed by atoms with Gasteiger partial charge in [0, 0.05) is 12.1 Å². The summed E-state index contributed by atoms with van der Waals surface area (Å²) in [5.41, 5.74) is 0.661. The monoisotopic (exact) mass is 277 g/mol. The molecule has 1 N–H and O–H groups in total. The number of amides is 1. The molecule has 1 fully saturated rings. The molecule has 1 aromatic carbocycles. The normalized spacial score (nSPS) is 19.5. The van der Waals surface area contributed by atoms with Crippen molar-refractivity contribution in [1.82, 2.24) is 4.90 Å². The lowest BCUT2D eigenvalue weighted by Crippen LogP contribution is -2.42. The summed E-state index contributed by atoms with van der Waals surface area (Å²) in [6, 6.07) is 7.20. The van der Waals surface area contributed by atoms with Gasteiger partial charge in [-0.1, -0.05) is 12.8 Å². The highest BCUT2D eigenvalue weighted by Crippen LogP contribution is 2.20. The van der Waals surface area contributed by atoms with Crippen molar-refractivity contribution < 1.29 is 14.6 Å². The molecule has 20 heavy (non-hydrogen) atoms. The molecule has 1 aliphatic heterocycles. The SMILES string of the molecule is CCOc1ccc(C(=O)N2CCCCCC2CO)cc1. The summed E-state index contributed by atoms with van der Waals surface area (Å²) in [5.74, 6) is 0.785. The van der Waals surface area contributed by atoms with Gasteiger partial charge in [0.15, 0.2) is 0 Å². The standard InChI is InChI=1S/C16H23NO3/c1-2-20-15-9-7-13(8-10-15)16(19)17-11-5-3-4-6-14(17)12-18/h7-10,14,18H,2-6,11-12H2,1H3. The van der Waals surface area contributed by atoms with Gasteiger partial charge in [0.1, 0.15) is 5.75 Å². The molecule has 1 atom stereocenters. The summed E-state index contributed by atoms with van der Waals surface area (Å²) >= 11 is 0. The van der Waals surface area contributed by atoms with Crippen LogP contribution in [0.4, 0.5) is 0 Å². The number of rotatable bonds is 4. The molecule has 0 aromatic heterocycles. The Bertz CT molecular complexity index is 430. The number of likely N-dealkylation sites (tertiary alicyclic amines) is 1. The van der Waals surface area contributed by atoms with E-state index in [2.05, 4.69) is 0 Å². The Morgan fingerprint density at radius 1 is 1.30 bits per heavy atom. The van der Waals surface area contributed by atoms with Crippen LogP contribution in [0.3, 0.4) is 0 Å². The topological polar surface area (TPSA) is 49.8 Å². The second-order valence-electron chi connectivity index (χ2n) is 5.14. The minimum Gasteiger partial charge on any atom is -0.494 e. The number of hydrogen-bond acceptors (Lipinski definition) is 3. The van der Waals surface area contributed by atoms with E-state index in [0.717, 1.165) is 38.0 Å². The predicted molar refractivity (Wildman–Crippen MR) is 78.0 cm³/mol. The summed E-state index contributed by atoms with van der Waals surface area (Å²) < 4.78 is 5.38. The van der Waals surface area contributed by atoms with Crippen molar-refractivity contribution in [3.63, 3.8) is 0 Å². The summed E-state index contributed by atoms with van der Waals surface area (Å²) in [5, 5.41) is 9.48. The molecule has 1 saturated heterocycles. The number of carbonyl (C=O) groups is 1. The first kappa shape index (κ1) is 14.9. The van der Waals surface area contributed by atoms with Crippen molar-refractivity contribution in [2.45, 2.75) is 38.6 Å². The van der Waals surface area contributed by atoms with Crippen LogP contribution in [0, 0.1) is 0 Å². The Morgan fingerprint density at radius 2 is 2.05 bits per heavy atom. The predicted octanol–water partition coefficient (Wildman–Crippen LogP) is 2.46. The molecule has 1 aliphatic rings. The van der Waals surface area contributed by atoms with E-state index in [4.69, 9.17) is 4.74 Å². The fraction of sp³-hybridized carbons (Fsp3) is 0.562. The van der Waals surface area contributed by atoms with Gasteiger partial charge >= 0.3 is 0 Å². The molecule has 1 unspecified atom stereocenters. The Balaban J connectivity index is 2.11. The van der Waals surface area contributed by atoms with Crippen LogP contribution in [0.2, 0.25) is 0 Å². The molecular weight excluding hydrogens is 254 g/mol. The average Bonchev–Trinajstić information content (AvgIpc) is 2.72. The zero-order valence-electron chi connectivity index (χ0n) is 12.0. The van der Waals surface area contributed by atoms with Gasteiger partial charge in [0.05, 0.1) is 19.3 Å². The fourth-order valence-corrected chi connectivity index (χ4v) is 2.66. The lowest BCUT2D eigenvalue weighted by Gasteiger charge is -2.28. The molecule has 1 aromatic rings. The maximum absolute atomic E-state index is 12.6. The van der Waals surface area contributed by atoms with Crippen molar-refractivity contribution in [2.75, 3.05) is 19.8 Å². The third kappa shape index (κ3) is 3.51. The van der Waals surface area contributed by atoms with Crippen LogP contribution < -0.4 is 4.74 Å². The zero-order valence-corrected chi connectivity index (χ0v) is 12.0. The minimum absolute atomic E-state index is 0.00833. The lowest BCUT2D eigenvalue weighted by atomic mass is 10.1. The zero-order chi connectivity index (χ0) is 14.4. The number of ether oxygens (including phenoxy) is 1.